The number of nitrogens with one attached hydrogen (secondary N) is 1. The van der Waals surface area contributed by atoms with Crippen molar-refractivity contribution in [1.82, 2.24) is 0 Å². The summed E-state index contributed by atoms with van der Waals surface area (Å²) in [6.07, 6.45) is 1.20. The van der Waals surface area contributed by atoms with Gasteiger partial charge in [0.05, 0.1) is 26.4 Å². The molecule has 0 unspecified atom stereocenters. The van der Waals surface area contributed by atoms with Crippen LogP contribution < -0.4 is 4.72 Å². The Morgan fingerprint density at radius 1 is 1.19 bits per heavy atom. The molecule has 0 aliphatic carbocycles. The Kier molecular flexibility index (Phi) is 6.20. The first-order valence-corrected chi connectivity index (χ1v) is 10.6. The Hall–Kier alpha value is -0.210. The summed E-state index contributed by atoms with van der Waals surface area (Å²) in [5, 5.41) is -0.230. The first kappa shape index (κ1) is 18.8. The summed E-state index contributed by atoms with van der Waals surface area (Å²) in [5.74, 6) is -0.0786. The van der Waals surface area contributed by atoms with E-state index in [1.54, 1.807) is 0 Å². The van der Waals surface area contributed by atoms with Gasteiger partial charge in [0.15, 0.2) is 0 Å². The van der Waals surface area contributed by atoms with E-state index < -0.39 is 19.1 Å². The molecule has 0 saturated carbocycles. The van der Waals surface area contributed by atoms with Crippen LogP contribution in [0.15, 0.2) is 11.0 Å². The molecule has 1 aromatic rings. The molecule has 0 radical (unpaired) electrons. The molecule has 0 amide bonds. The zero-order chi connectivity index (χ0) is 16.4. The Labute approximate surface area is 139 Å². The van der Waals surface area contributed by atoms with Gasteiger partial charge < -0.3 is 0 Å². The van der Waals surface area contributed by atoms with Gasteiger partial charge in [0.25, 0.3) is 9.05 Å². The van der Waals surface area contributed by atoms with Crippen molar-refractivity contribution in [1.29, 1.82) is 0 Å². The standard InChI is InChI=1S/C11H14Cl3NO4S2/c1-3-4-5-20(16,17)15-11-8(12)6-9(21(14,18)19)7(2)10(11)13/h6,15H,3-5H2,1-2H3. The van der Waals surface area contributed by atoms with Gasteiger partial charge in [-0.05, 0) is 25.0 Å². The fourth-order valence-corrected chi connectivity index (χ4v) is 4.87. The van der Waals surface area contributed by atoms with E-state index in [1.807, 2.05) is 6.92 Å². The van der Waals surface area contributed by atoms with Gasteiger partial charge in [-0.25, -0.2) is 16.8 Å². The smallest absolute Gasteiger partial charge is 0.261 e. The molecule has 1 rings (SSSR count). The van der Waals surface area contributed by atoms with Crippen molar-refractivity contribution < 1.29 is 16.8 Å². The van der Waals surface area contributed by atoms with Crippen molar-refractivity contribution in [2.45, 2.75) is 31.6 Å². The predicted molar refractivity (Wildman–Crippen MR) is 86.6 cm³/mol. The lowest BCUT2D eigenvalue weighted by molar-refractivity contribution is 0.597. The summed E-state index contributed by atoms with van der Waals surface area (Å²) in [4.78, 5) is -0.254. The first-order valence-electron chi connectivity index (χ1n) is 5.93. The van der Waals surface area contributed by atoms with Crippen LogP contribution in [-0.2, 0) is 19.1 Å². The second kappa shape index (κ2) is 6.91. The van der Waals surface area contributed by atoms with E-state index in [9.17, 15) is 16.8 Å². The third kappa shape index (κ3) is 4.89. The van der Waals surface area contributed by atoms with E-state index in [0.29, 0.717) is 12.8 Å². The molecule has 0 spiro atoms. The molecule has 0 saturated heterocycles. The van der Waals surface area contributed by atoms with Crippen LogP contribution >= 0.6 is 33.9 Å². The van der Waals surface area contributed by atoms with Gasteiger partial charge in [0.2, 0.25) is 10.0 Å². The number of hydrogen-bond acceptors (Lipinski definition) is 4. The zero-order valence-electron chi connectivity index (χ0n) is 11.3. The van der Waals surface area contributed by atoms with Gasteiger partial charge >= 0.3 is 0 Å². The number of hydrogen-bond donors (Lipinski definition) is 1. The molecule has 1 aromatic carbocycles. The average molecular weight is 395 g/mol. The van der Waals surface area contributed by atoms with Gasteiger partial charge in [-0.3, -0.25) is 4.72 Å². The fraction of sp³-hybridized carbons (Fsp3) is 0.455. The summed E-state index contributed by atoms with van der Waals surface area (Å²) in [6.45, 7) is 3.28. The molecule has 0 aliphatic heterocycles. The quantitative estimate of drug-likeness (QED) is 0.745. The van der Waals surface area contributed by atoms with Crippen molar-refractivity contribution in [2.24, 2.45) is 0 Å². The minimum Gasteiger partial charge on any atom is -0.281 e. The molecule has 5 nitrogen and oxygen atoms in total. The third-order valence-electron chi connectivity index (χ3n) is 2.70. The van der Waals surface area contributed by atoms with Crippen LogP contribution in [0.5, 0.6) is 0 Å². The normalized spacial score (nSPS) is 12.4. The summed E-state index contributed by atoms with van der Waals surface area (Å²) in [7, 11) is -2.36. The van der Waals surface area contributed by atoms with Crippen LogP contribution in [0.4, 0.5) is 5.69 Å². The fourth-order valence-electron chi connectivity index (χ4n) is 1.58. The van der Waals surface area contributed by atoms with Crippen LogP contribution in [0.25, 0.3) is 0 Å². The second-order valence-electron chi connectivity index (χ2n) is 4.38. The number of unbranched alkanes of at least 4 members (excludes halogenated alkanes) is 1. The molecule has 0 fully saturated rings. The van der Waals surface area contributed by atoms with E-state index in [4.69, 9.17) is 33.9 Å². The van der Waals surface area contributed by atoms with Crippen molar-refractivity contribution in [3.05, 3.63) is 21.7 Å². The van der Waals surface area contributed by atoms with Gasteiger partial charge in [-0.1, -0.05) is 36.5 Å². The maximum atomic E-state index is 11.9. The Morgan fingerprint density at radius 2 is 1.76 bits per heavy atom. The SMILES string of the molecule is CCCCS(=O)(=O)Nc1c(Cl)cc(S(=O)(=O)Cl)c(C)c1Cl. The summed E-state index contributed by atoms with van der Waals surface area (Å²) < 4.78 is 48.9. The summed E-state index contributed by atoms with van der Waals surface area (Å²) >= 11 is 11.9. The monoisotopic (exact) mass is 393 g/mol. The summed E-state index contributed by atoms with van der Waals surface area (Å²) in [6, 6.07) is 1.07. The highest BCUT2D eigenvalue weighted by molar-refractivity contribution is 8.13. The topological polar surface area (TPSA) is 80.3 Å². The molecular formula is C11H14Cl3NO4S2. The minimum absolute atomic E-state index is 0.0454. The van der Waals surface area contributed by atoms with Crippen molar-refractivity contribution in [2.75, 3.05) is 10.5 Å². The molecule has 0 aromatic heterocycles. The van der Waals surface area contributed by atoms with Crippen LogP contribution in [0.2, 0.25) is 10.0 Å². The summed E-state index contributed by atoms with van der Waals surface area (Å²) in [5.41, 5.74) is 0.0836. The minimum atomic E-state index is -4.03. The van der Waals surface area contributed by atoms with Crippen molar-refractivity contribution in [3.8, 4) is 0 Å². The number of halogens is 3. The van der Waals surface area contributed by atoms with Crippen LogP contribution in [0.1, 0.15) is 25.3 Å². The van der Waals surface area contributed by atoms with Gasteiger partial charge in [-0.2, -0.15) is 0 Å². The average Bonchev–Trinajstić information content (AvgIpc) is 2.35. The first-order chi connectivity index (χ1) is 9.49. The lowest BCUT2D eigenvalue weighted by atomic mass is 10.2. The van der Waals surface area contributed by atoms with Gasteiger partial charge in [0.1, 0.15) is 0 Å². The molecule has 21 heavy (non-hydrogen) atoms. The molecule has 0 heterocycles. The van der Waals surface area contributed by atoms with Crippen molar-refractivity contribution in [3.63, 3.8) is 0 Å². The molecule has 1 N–H and O–H groups in total. The molecule has 120 valence electrons. The molecule has 0 aliphatic rings. The Bertz CT molecular complexity index is 745. The molecule has 10 heteroatoms. The zero-order valence-corrected chi connectivity index (χ0v) is 15.2. The highest BCUT2D eigenvalue weighted by Crippen LogP contribution is 2.38. The second-order valence-corrected chi connectivity index (χ2v) is 9.54. The van der Waals surface area contributed by atoms with Crippen LogP contribution in [0, 0.1) is 6.92 Å². The van der Waals surface area contributed by atoms with Gasteiger partial charge in [0, 0.05) is 10.7 Å². The molecular weight excluding hydrogens is 381 g/mol. The van der Waals surface area contributed by atoms with E-state index in [1.165, 1.54) is 6.92 Å². The van der Waals surface area contributed by atoms with E-state index in [-0.39, 0.29) is 31.9 Å². The highest BCUT2D eigenvalue weighted by Gasteiger charge is 2.23. The third-order valence-corrected chi connectivity index (χ3v) is 6.26. The van der Waals surface area contributed by atoms with Crippen molar-refractivity contribution >= 4 is 58.6 Å². The highest BCUT2D eigenvalue weighted by atomic mass is 35.7. The predicted octanol–water partition coefficient (Wildman–Crippen LogP) is 3.77. The Balaban J connectivity index is 3.32. The van der Waals surface area contributed by atoms with Gasteiger partial charge in [-0.15, -0.1) is 0 Å². The number of anilines is 1. The maximum absolute atomic E-state index is 11.9. The molecule has 0 bridgehead atoms. The maximum Gasteiger partial charge on any atom is 0.261 e. The lowest BCUT2D eigenvalue weighted by Gasteiger charge is -2.14. The number of benzene rings is 1. The van der Waals surface area contributed by atoms with E-state index in [0.717, 1.165) is 6.07 Å². The van der Waals surface area contributed by atoms with Crippen LogP contribution in [0.3, 0.4) is 0 Å². The number of rotatable bonds is 6. The lowest BCUT2D eigenvalue weighted by Crippen LogP contribution is -2.17. The number of sulfonamides is 1. The van der Waals surface area contributed by atoms with E-state index in [2.05, 4.69) is 4.72 Å². The van der Waals surface area contributed by atoms with E-state index >= 15 is 0 Å². The molecule has 0 atom stereocenters. The largest absolute Gasteiger partial charge is 0.281 e. The van der Waals surface area contributed by atoms with Crippen LogP contribution in [-0.4, -0.2) is 22.6 Å². The Morgan fingerprint density at radius 3 is 2.24 bits per heavy atom.